The van der Waals surface area contributed by atoms with Crippen LogP contribution in [0.25, 0.3) is 0 Å². The number of aryl methyl sites for hydroxylation is 4. The van der Waals surface area contributed by atoms with Crippen molar-refractivity contribution in [3.63, 3.8) is 0 Å². The van der Waals surface area contributed by atoms with E-state index in [1.807, 2.05) is 0 Å². The van der Waals surface area contributed by atoms with Gasteiger partial charge in [0.1, 0.15) is 0 Å². The lowest BCUT2D eigenvalue weighted by Crippen LogP contribution is -1.94. The molecule has 0 nitrogen and oxygen atoms in total. The molecule has 0 saturated heterocycles. The summed E-state index contributed by atoms with van der Waals surface area (Å²) in [6, 6.07) is 19.0. The monoisotopic (exact) mass is 518 g/mol. The first kappa shape index (κ1) is 32.7. The van der Waals surface area contributed by atoms with Crippen molar-refractivity contribution in [2.75, 3.05) is 0 Å². The summed E-state index contributed by atoms with van der Waals surface area (Å²) >= 11 is 0. The summed E-state index contributed by atoms with van der Waals surface area (Å²) in [5, 5.41) is 0. The average Bonchev–Trinajstić information content (AvgIpc) is 2.95. The van der Waals surface area contributed by atoms with Crippen LogP contribution in [0.15, 0.2) is 48.5 Å². The third-order valence-corrected chi connectivity index (χ3v) is 8.39. The Morgan fingerprint density at radius 1 is 0.263 bits per heavy atom. The first-order valence-electron chi connectivity index (χ1n) is 17.0. The Morgan fingerprint density at radius 2 is 0.474 bits per heavy atom. The molecule has 2 rings (SSSR count). The van der Waals surface area contributed by atoms with Crippen LogP contribution in [-0.2, 0) is 25.7 Å². The van der Waals surface area contributed by atoms with Crippen molar-refractivity contribution in [2.45, 2.75) is 168 Å². The van der Waals surface area contributed by atoms with Crippen molar-refractivity contribution in [1.29, 1.82) is 0 Å². The maximum atomic E-state index is 2.37. The van der Waals surface area contributed by atoms with Gasteiger partial charge in [0, 0.05) is 0 Å². The molecular formula is C38H62. The molecule has 0 radical (unpaired) electrons. The van der Waals surface area contributed by atoms with Gasteiger partial charge in [-0.05, 0) is 60.8 Å². The molecule has 0 aliphatic heterocycles. The summed E-state index contributed by atoms with van der Waals surface area (Å²) in [6.45, 7) is 4.60. The van der Waals surface area contributed by atoms with E-state index in [0.717, 1.165) is 12.8 Å². The van der Waals surface area contributed by atoms with Crippen LogP contribution in [0.3, 0.4) is 0 Å². The molecule has 0 aliphatic carbocycles. The van der Waals surface area contributed by atoms with E-state index in [9.17, 15) is 0 Å². The van der Waals surface area contributed by atoms with Crippen LogP contribution in [0.2, 0.25) is 0 Å². The highest BCUT2D eigenvalue weighted by molar-refractivity contribution is 5.26. The fourth-order valence-corrected chi connectivity index (χ4v) is 5.67. The Labute approximate surface area is 238 Å². The molecular weight excluding hydrogens is 456 g/mol. The van der Waals surface area contributed by atoms with Crippen molar-refractivity contribution < 1.29 is 0 Å². The molecule has 0 amide bonds. The van der Waals surface area contributed by atoms with Gasteiger partial charge in [0.2, 0.25) is 0 Å². The van der Waals surface area contributed by atoms with Gasteiger partial charge in [-0.15, -0.1) is 0 Å². The van der Waals surface area contributed by atoms with E-state index in [1.165, 1.54) is 164 Å². The minimum atomic E-state index is 1.15. The minimum Gasteiger partial charge on any atom is -0.0654 e. The zero-order valence-corrected chi connectivity index (χ0v) is 25.6. The van der Waals surface area contributed by atoms with Crippen LogP contribution in [0, 0.1) is 0 Å². The normalized spacial score (nSPS) is 11.3. The molecule has 2 aromatic carbocycles. The van der Waals surface area contributed by atoms with Crippen molar-refractivity contribution in [3.05, 3.63) is 70.8 Å². The number of hydrogen-bond acceptors (Lipinski definition) is 0. The predicted molar refractivity (Wildman–Crippen MR) is 171 cm³/mol. The molecule has 0 bridgehead atoms. The van der Waals surface area contributed by atoms with E-state index in [2.05, 4.69) is 62.4 Å². The van der Waals surface area contributed by atoms with E-state index in [1.54, 1.807) is 0 Å². The van der Waals surface area contributed by atoms with Gasteiger partial charge in [-0.3, -0.25) is 0 Å². The SMILES string of the molecule is CCCCCCCCCCCCc1ccc(CCc2ccc(CCCCCCCCCCCC)cc2)cc1. The molecule has 0 N–H and O–H groups in total. The van der Waals surface area contributed by atoms with Gasteiger partial charge in [-0.25, -0.2) is 0 Å². The van der Waals surface area contributed by atoms with E-state index in [0.29, 0.717) is 0 Å². The summed E-state index contributed by atoms with van der Waals surface area (Å²) in [5.41, 5.74) is 5.99. The van der Waals surface area contributed by atoms with Gasteiger partial charge in [-0.1, -0.05) is 178 Å². The second kappa shape index (κ2) is 23.3. The summed E-state index contributed by atoms with van der Waals surface area (Å²) in [5.74, 6) is 0. The second-order valence-corrected chi connectivity index (χ2v) is 12.0. The van der Waals surface area contributed by atoms with Gasteiger partial charge in [-0.2, -0.15) is 0 Å². The van der Waals surface area contributed by atoms with Crippen LogP contribution in [0.5, 0.6) is 0 Å². The molecule has 214 valence electrons. The number of unbranched alkanes of at least 4 members (excludes halogenated alkanes) is 18. The average molecular weight is 519 g/mol. The summed E-state index contributed by atoms with van der Waals surface area (Å²) in [7, 11) is 0. The molecule has 0 fully saturated rings. The van der Waals surface area contributed by atoms with Crippen molar-refractivity contribution in [2.24, 2.45) is 0 Å². The first-order chi connectivity index (χ1) is 18.8. The molecule has 38 heavy (non-hydrogen) atoms. The van der Waals surface area contributed by atoms with Crippen LogP contribution >= 0.6 is 0 Å². The Hall–Kier alpha value is -1.56. The van der Waals surface area contributed by atoms with Crippen molar-refractivity contribution in [3.8, 4) is 0 Å². The Bertz CT molecular complexity index is 686. The molecule has 0 aliphatic rings. The van der Waals surface area contributed by atoms with Crippen LogP contribution in [0.4, 0.5) is 0 Å². The Morgan fingerprint density at radius 3 is 0.737 bits per heavy atom. The smallest absolute Gasteiger partial charge is 0.0238 e. The molecule has 0 unspecified atom stereocenters. The topological polar surface area (TPSA) is 0 Å². The lowest BCUT2D eigenvalue weighted by atomic mass is 9.99. The maximum Gasteiger partial charge on any atom is -0.0238 e. The molecule has 0 heterocycles. The predicted octanol–water partition coefficient (Wildman–Crippen LogP) is 12.4. The minimum absolute atomic E-state index is 1.15. The fourth-order valence-electron chi connectivity index (χ4n) is 5.67. The van der Waals surface area contributed by atoms with Crippen LogP contribution < -0.4 is 0 Å². The number of benzene rings is 2. The number of rotatable bonds is 25. The molecule has 2 aromatic rings. The summed E-state index contributed by atoms with van der Waals surface area (Å²) in [6.07, 6.45) is 33.1. The molecule has 0 saturated carbocycles. The highest BCUT2D eigenvalue weighted by atomic mass is 14.1. The quantitative estimate of drug-likeness (QED) is 0.115. The Balaban J connectivity index is 1.48. The van der Waals surface area contributed by atoms with E-state index >= 15 is 0 Å². The largest absolute Gasteiger partial charge is 0.0654 e. The molecule has 0 heteroatoms. The van der Waals surface area contributed by atoms with Gasteiger partial charge in [0.15, 0.2) is 0 Å². The van der Waals surface area contributed by atoms with Crippen molar-refractivity contribution >= 4 is 0 Å². The summed E-state index contributed by atoms with van der Waals surface area (Å²) in [4.78, 5) is 0. The van der Waals surface area contributed by atoms with E-state index in [4.69, 9.17) is 0 Å². The number of hydrogen-bond donors (Lipinski definition) is 0. The van der Waals surface area contributed by atoms with Crippen molar-refractivity contribution in [1.82, 2.24) is 0 Å². The van der Waals surface area contributed by atoms with Crippen LogP contribution in [-0.4, -0.2) is 0 Å². The second-order valence-electron chi connectivity index (χ2n) is 12.0. The molecule has 0 aromatic heterocycles. The molecule has 0 spiro atoms. The summed E-state index contributed by atoms with van der Waals surface area (Å²) < 4.78 is 0. The third-order valence-electron chi connectivity index (χ3n) is 8.39. The van der Waals surface area contributed by atoms with Crippen LogP contribution in [0.1, 0.15) is 165 Å². The lowest BCUT2D eigenvalue weighted by molar-refractivity contribution is 0.556. The van der Waals surface area contributed by atoms with Gasteiger partial charge in [0.05, 0.1) is 0 Å². The zero-order chi connectivity index (χ0) is 26.9. The third kappa shape index (κ3) is 17.1. The standard InChI is InChI=1S/C38H62/c1-3-5-7-9-11-13-15-17-19-21-23-35-25-29-37(30-26-35)33-34-38-31-27-36(28-32-38)24-22-20-18-16-14-12-10-8-6-4-2/h25-32H,3-24,33-34H2,1-2H3. The molecule has 0 atom stereocenters. The van der Waals surface area contributed by atoms with Gasteiger partial charge >= 0.3 is 0 Å². The fraction of sp³-hybridized carbons (Fsp3) is 0.684. The lowest BCUT2D eigenvalue weighted by Gasteiger charge is -2.07. The zero-order valence-electron chi connectivity index (χ0n) is 25.6. The van der Waals surface area contributed by atoms with Gasteiger partial charge < -0.3 is 0 Å². The maximum absolute atomic E-state index is 2.37. The highest BCUT2D eigenvalue weighted by Gasteiger charge is 2.00. The van der Waals surface area contributed by atoms with Gasteiger partial charge in [0.25, 0.3) is 0 Å². The van der Waals surface area contributed by atoms with E-state index in [-0.39, 0.29) is 0 Å². The highest BCUT2D eigenvalue weighted by Crippen LogP contribution is 2.16. The first-order valence-corrected chi connectivity index (χ1v) is 17.0. The Kier molecular flexibility index (Phi) is 20.1. The van der Waals surface area contributed by atoms with E-state index < -0.39 is 0 Å².